The van der Waals surface area contributed by atoms with E-state index in [1.54, 1.807) is 0 Å². The van der Waals surface area contributed by atoms with Crippen molar-refractivity contribution >= 4 is 11.6 Å². The predicted octanol–water partition coefficient (Wildman–Crippen LogP) is 3.00. The number of anilines is 1. The predicted molar refractivity (Wildman–Crippen MR) is 111 cm³/mol. The van der Waals surface area contributed by atoms with Crippen molar-refractivity contribution in [2.45, 2.75) is 45.6 Å². The number of nitrogens with one attached hydrogen (secondary N) is 1. The van der Waals surface area contributed by atoms with E-state index in [2.05, 4.69) is 53.2 Å². The number of para-hydroxylation sites is 1. The molecule has 3 rings (SSSR count). The second-order valence-corrected chi connectivity index (χ2v) is 8.46. The van der Waals surface area contributed by atoms with Crippen LogP contribution in [-0.4, -0.2) is 61.1 Å². The number of hydrogen-bond donors (Lipinski definition) is 2. The Kier molecular flexibility index (Phi) is 6.54. The molecule has 2 aliphatic rings. The lowest BCUT2D eigenvalue weighted by molar-refractivity contribution is 0.163. The second kappa shape index (κ2) is 8.87. The summed E-state index contributed by atoms with van der Waals surface area (Å²) in [5.41, 5.74) is 7.02. The first-order valence-corrected chi connectivity index (χ1v) is 10.1. The zero-order chi connectivity index (χ0) is 18.4. The number of benzene rings is 1. The summed E-state index contributed by atoms with van der Waals surface area (Å²) >= 11 is 0. The van der Waals surface area contributed by atoms with Crippen LogP contribution in [0.5, 0.6) is 0 Å². The van der Waals surface area contributed by atoms with Gasteiger partial charge < -0.3 is 20.9 Å². The highest BCUT2D eigenvalue weighted by molar-refractivity contribution is 5.93. The summed E-state index contributed by atoms with van der Waals surface area (Å²) in [6.07, 6.45) is 5.21. The second-order valence-electron chi connectivity index (χ2n) is 8.46. The van der Waals surface area contributed by atoms with Crippen molar-refractivity contribution in [2.75, 3.05) is 44.6 Å². The van der Waals surface area contributed by atoms with Crippen molar-refractivity contribution in [3.05, 3.63) is 30.3 Å². The molecule has 2 aliphatic heterocycles. The highest BCUT2D eigenvalue weighted by Gasteiger charge is 2.28. The third kappa shape index (κ3) is 5.21. The van der Waals surface area contributed by atoms with Gasteiger partial charge in [-0.3, -0.25) is 4.99 Å². The van der Waals surface area contributed by atoms with E-state index in [1.807, 2.05) is 6.07 Å². The molecule has 1 aromatic carbocycles. The monoisotopic (exact) mass is 357 g/mol. The highest BCUT2D eigenvalue weighted by atomic mass is 15.3. The van der Waals surface area contributed by atoms with Gasteiger partial charge in [0, 0.05) is 31.4 Å². The summed E-state index contributed by atoms with van der Waals surface area (Å²) in [5, 5.41) is 3.55. The van der Waals surface area contributed by atoms with Crippen LogP contribution in [0.2, 0.25) is 0 Å². The molecule has 0 amide bonds. The fourth-order valence-electron chi connectivity index (χ4n) is 3.77. The van der Waals surface area contributed by atoms with Gasteiger partial charge in [0.15, 0.2) is 5.96 Å². The fraction of sp³-hybridized carbons (Fsp3) is 0.667. The molecule has 0 aromatic heterocycles. The van der Waals surface area contributed by atoms with E-state index >= 15 is 0 Å². The molecule has 0 aliphatic carbocycles. The maximum atomic E-state index is 5.90. The molecule has 2 saturated heterocycles. The van der Waals surface area contributed by atoms with Crippen LogP contribution in [0, 0.1) is 5.41 Å². The van der Waals surface area contributed by atoms with Crippen molar-refractivity contribution in [1.29, 1.82) is 0 Å². The largest absolute Gasteiger partial charge is 0.343 e. The molecule has 144 valence electrons. The minimum absolute atomic E-state index is 0.0253. The van der Waals surface area contributed by atoms with E-state index in [0.717, 1.165) is 37.3 Å². The van der Waals surface area contributed by atoms with Crippen LogP contribution >= 0.6 is 0 Å². The SMILES string of the molecule is CC(C)(CN)CN=C(Nc1ccccc1)N1CCC(N2CCCC2)CC1. The Morgan fingerprint density at radius 1 is 1.12 bits per heavy atom. The number of aliphatic imine (C=N–C) groups is 1. The number of nitrogens with two attached hydrogens (primary N) is 1. The van der Waals surface area contributed by atoms with Gasteiger partial charge in [0.2, 0.25) is 0 Å². The van der Waals surface area contributed by atoms with Gasteiger partial charge in [0.05, 0.1) is 0 Å². The lowest BCUT2D eigenvalue weighted by Crippen LogP contribution is -2.48. The average molecular weight is 358 g/mol. The normalized spacial score (nSPS) is 20.6. The lowest BCUT2D eigenvalue weighted by Gasteiger charge is -2.38. The van der Waals surface area contributed by atoms with Gasteiger partial charge in [-0.25, -0.2) is 0 Å². The zero-order valence-electron chi connectivity index (χ0n) is 16.5. The number of piperidine rings is 1. The lowest BCUT2D eigenvalue weighted by atomic mass is 9.94. The van der Waals surface area contributed by atoms with Gasteiger partial charge in [0.25, 0.3) is 0 Å². The minimum atomic E-state index is 0.0253. The molecule has 1 aromatic rings. The first kappa shape index (κ1) is 19.2. The van der Waals surface area contributed by atoms with E-state index in [1.165, 1.54) is 38.8 Å². The van der Waals surface area contributed by atoms with E-state index < -0.39 is 0 Å². The zero-order valence-corrected chi connectivity index (χ0v) is 16.5. The van der Waals surface area contributed by atoms with Crippen molar-refractivity contribution in [2.24, 2.45) is 16.1 Å². The summed E-state index contributed by atoms with van der Waals surface area (Å²) in [6, 6.07) is 11.1. The third-order valence-electron chi connectivity index (χ3n) is 5.66. The van der Waals surface area contributed by atoms with Gasteiger partial charge >= 0.3 is 0 Å². The minimum Gasteiger partial charge on any atom is -0.343 e. The Labute approximate surface area is 158 Å². The first-order chi connectivity index (χ1) is 12.6. The van der Waals surface area contributed by atoms with Crippen LogP contribution in [0.4, 0.5) is 5.69 Å². The molecular weight excluding hydrogens is 322 g/mol. The van der Waals surface area contributed by atoms with E-state index in [4.69, 9.17) is 10.7 Å². The molecule has 2 fully saturated rings. The maximum absolute atomic E-state index is 5.90. The van der Waals surface area contributed by atoms with Gasteiger partial charge in [-0.1, -0.05) is 32.0 Å². The molecule has 5 heteroatoms. The third-order valence-corrected chi connectivity index (χ3v) is 5.66. The Hall–Kier alpha value is -1.59. The molecule has 0 radical (unpaired) electrons. The fourth-order valence-corrected chi connectivity index (χ4v) is 3.77. The van der Waals surface area contributed by atoms with Gasteiger partial charge in [-0.05, 0) is 62.9 Å². The first-order valence-electron chi connectivity index (χ1n) is 10.1. The Morgan fingerprint density at radius 3 is 2.38 bits per heavy atom. The van der Waals surface area contributed by atoms with Gasteiger partial charge in [-0.15, -0.1) is 0 Å². The van der Waals surface area contributed by atoms with Crippen molar-refractivity contribution < 1.29 is 0 Å². The number of likely N-dealkylation sites (tertiary alicyclic amines) is 2. The Morgan fingerprint density at radius 2 is 1.77 bits per heavy atom. The number of rotatable bonds is 5. The summed E-state index contributed by atoms with van der Waals surface area (Å²) in [5.74, 6) is 0.998. The quantitative estimate of drug-likeness (QED) is 0.628. The standard InChI is InChI=1S/C21H35N5/c1-21(2,16-22)17-23-20(24-18-8-4-3-5-9-18)26-14-10-19(11-15-26)25-12-6-7-13-25/h3-5,8-9,19H,6-7,10-17,22H2,1-2H3,(H,23,24). The molecule has 3 N–H and O–H groups in total. The molecule has 0 unspecified atom stereocenters. The van der Waals surface area contributed by atoms with Gasteiger partial charge in [-0.2, -0.15) is 0 Å². The van der Waals surface area contributed by atoms with E-state index in [0.29, 0.717) is 6.54 Å². The smallest absolute Gasteiger partial charge is 0.198 e. The summed E-state index contributed by atoms with van der Waals surface area (Å²) in [7, 11) is 0. The van der Waals surface area contributed by atoms with Crippen LogP contribution in [0.15, 0.2) is 35.3 Å². The van der Waals surface area contributed by atoms with Gasteiger partial charge in [0.1, 0.15) is 0 Å². The molecular formula is C21H35N5. The number of nitrogens with zero attached hydrogens (tertiary/aromatic N) is 3. The summed E-state index contributed by atoms with van der Waals surface area (Å²) in [4.78, 5) is 10.1. The van der Waals surface area contributed by atoms with Crippen LogP contribution in [0.1, 0.15) is 39.5 Å². The number of hydrogen-bond acceptors (Lipinski definition) is 3. The van der Waals surface area contributed by atoms with E-state index in [9.17, 15) is 0 Å². The molecule has 5 nitrogen and oxygen atoms in total. The summed E-state index contributed by atoms with van der Waals surface area (Å²) in [6.45, 7) is 10.5. The Balaban J connectivity index is 1.66. The summed E-state index contributed by atoms with van der Waals surface area (Å²) < 4.78 is 0. The molecule has 0 atom stereocenters. The highest BCUT2D eigenvalue weighted by Crippen LogP contribution is 2.22. The molecule has 26 heavy (non-hydrogen) atoms. The van der Waals surface area contributed by atoms with Crippen LogP contribution < -0.4 is 11.1 Å². The topological polar surface area (TPSA) is 56.9 Å². The van der Waals surface area contributed by atoms with Crippen molar-refractivity contribution in [1.82, 2.24) is 9.80 Å². The van der Waals surface area contributed by atoms with Crippen LogP contribution in [-0.2, 0) is 0 Å². The maximum Gasteiger partial charge on any atom is 0.198 e. The van der Waals surface area contributed by atoms with Crippen molar-refractivity contribution in [3.8, 4) is 0 Å². The Bertz CT molecular complexity index is 569. The van der Waals surface area contributed by atoms with E-state index in [-0.39, 0.29) is 5.41 Å². The van der Waals surface area contributed by atoms with Crippen LogP contribution in [0.25, 0.3) is 0 Å². The van der Waals surface area contributed by atoms with Crippen molar-refractivity contribution in [3.63, 3.8) is 0 Å². The molecule has 0 bridgehead atoms. The molecule has 2 heterocycles. The molecule has 0 saturated carbocycles. The number of guanidine groups is 1. The average Bonchev–Trinajstić information content (AvgIpc) is 3.21. The molecule has 0 spiro atoms. The van der Waals surface area contributed by atoms with Crippen LogP contribution in [0.3, 0.4) is 0 Å².